The van der Waals surface area contributed by atoms with Crippen molar-refractivity contribution in [3.05, 3.63) is 23.8 Å². The predicted molar refractivity (Wildman–Crippen MR) is 56.2 cm³/mol. The number of hydrogen-bond acceptors (Lipinski definition) is 4. The van der Waals surface area contributed by atoms with Crippen LogP contribution in [0.2, 0.25) is 0 Å². The molecule has 0 bridgehead atoms. The van der Waals surface area contributed by atoms with E-state index in [-0.39, 0.29) is 19.0 Å². The molecule has 4 heteroatoms. The van der Waals surface area contributed by atoms with E-state index in [0.29, 0.717) is 11.3 Å². The third-order valence-electron chi connectivity index (χ3n) is 2.55. The van der Waals surface area contributed by atoms with E-state index in [1.54, 1.807) is 19.1 Å². The van der Waals surface area contributed by atoms with Crippen LogP contribution in [-0.2, 0) is 5.41 Å². The van der Waals surface area contributed by atoms with Crippen LogP contribution in [0, 0.1) is 0 Å². The molecule has 0 aliphatic carbocycles. The summed E-state index contributed by atoms with van der Waals surface area (Å²) >= 11 is 0. The molecule has 0 radical (unpaired) electrons. The van der Waals surface area contributed by atoms with Gasteiger partial charge in [0.05, 0.1) is 20.3 Å². The first-order chi connectivity index (χ1) is 7.07. The standard InChI is InChI=1S/C11H16O4/c1-11(6-12,7-13)9-5-8(15-2)3-4-10(9)14/h3-5,12-14H,6-7H2,1-2H3. The first kappa shape index (κ1) is 11.8. The number of aromatic hydroxyl groups is 1. The normalized spacial score (nSPS) is 11.5. The maximum Gasteiger partial charge on any atom is 0.119 e. The molecule has 0 saturated heterocycles. The van der Waals surface area contributed by atoms with Crippen molar-refractivity contribution in [2.24, 2.45) is 0 Å². The number of rotatable bonds is 4. The second-order valence-corrected chi connectivity index (χ2v) is 3.76. The molecule has 0 amide bonds. The molecular weight excluding hydrogens is 196 g/mol. The first-order valence-corrected chi connectivity index (χ1v) is 4.66. The van der Waals surface area contributed by atoms with Crippen molar-refractivity contribution < 1.29 is 20.1 Å². The summed E-state index contributed by atoms with van der Waals surface area (Å²) in [7, 11) is 1.52. The van der Waals surface area contributed by atoms with Crippen molar-refractivity contribution in [3.63, 3.8) is 0 Å². The monoisotopic (exact) mass is 212 g/mol. The maximum absolute atomic E-state index is 9.65. The highest BCUT2D eigenvalue weighted by Crippen LogP contribution is 2.33. The van der Waals surface area contributed by atoms with E-state index < -0.39 is 5.41 Å². The lowest BCUT2D eigenvalue weighted by Crippen LogP contribution is -2.31. The average molecular weight is 212 g/mol. The van der Waals surface area contributed by atoms with Crippen LogP contribution >= 0.6 is 0 Å². The third kappa shape index (κ3) is 2.22. The fraction of sp³-hybridized carbons (Fsp3) is 0.455. The topological polar surface area (TPSA) is 69.9 Å². The van der Waals surface area contributed by atoms with Crippen molar-refractivity contribution in [1.82, 2.24) is 0 Å². The quantitative estimate of drug-likeness (QED) is 0.685. The molecule has 0 aromatic heterocycles. The second-order valence-electron chi connectivity index (χ2n) is 3.76. The van der Waals surface area contributed by atoms with Gasteiger partial charge in [-0.25, -0.2) is 0 Å². The van der Waals surface area contributed by atoms with Gasteiger partial charge in [-0.2, -0.15) is 0 Å². The molecule has 1 aromatic rings. The SMILES string of the molecule is COc1ccc(O)c(C(C)(CO)CO)c1. The molecule has 3 N–H and O–H groups in total. The van der Waals surface area contributed by atoms with Crippen LogP contribution in [0.5, 0.6) is 11.5 Å². The predicted octanol–water partition coefficient (Wildman–Crippen LogP) is 0.643. The van der Waals surface area contributed by atoms with Gasteiger partial charge in [0.25, 0.3) is 0 Å². The Labute approximate surface area is 88.8 Å². The van der Waals surface area contributed by atoms with Gasteiger partial charge in [-0.1, -0.05) is 6.92 Å². The van der Waals surface area contributed by atoms with Crippen LogP contribution in [0.4, 0.5) is 0 Å². The van der Waals surface area contributed by atoms with Gasteiger partial charge in [-0.3, -0.25) is 0 Å². The van der Waals surface area contributed by atoms with Crippen molar-refractivity contribution in [3.8, 4) is 11.5 Å². The summed E-state index contributed by atoms with van der Waals surface area (Å²) in [6.07, 6.45) is 0. The Morgan fingerprint density at radius 3 is 2.33 bits per heavy atom. The molecule has 0 heterocycles. The van der Waals surface area contributed by atoms with Crippen molar-refractivity contribution in [2.75, 3.05) is 20.3 Å². The minimum absolute atomic E-state index is 0.0430. The average Bonchev–Trinajstić information content (AvgIpc) is 2.28. The molecular formula is C11H16O4. The Morgan fingerprint density at radius 1 is 1.27 bits per heavy atom. The molecule has 0 fully saturated rings. The minimum atomic E-state index is -0.862. The van der Waals surface area contributed by atoms with E-state index >= 15 is 0 Å². The Hall–Kier alpha value is -1.26. The summed E-state index contributed by atoms with van der Waals surface area (Å²) < 4.78 is 5.02. The summed E-state index contributed by atoms with van der Waals surface area (Å²) in [5.74, 6) is 0.623. The zero-order valence-electron chi connectivity index (χ0n) is 8.90. The lowest BCUT2D eigenvalue weighted by atomic mass is 9.83. The Bertz CT molecular complexity index is 331. The third-order valence-corrected chi connectivity index (χ3v) is 2.55. The number of phenols is 1. The van der Waals surface area contributed by atoms with Gasteiger partial charge in [0.1, 0.15) is 11.5 Å². The van der Waals surface area contributed by atoms with E-state index in [0.717, 1.165) is 0 Å². The molecule has 1 rings (SSSR count). The lowest BCUT2D eigenvalue weighted by molar-refractivity contribution is 0.127. The Balaban J connectivity index is 3.21. The lowest BCUT2D eigenvalue weighted by Gasteiger charge is -2.26. The fourth-order valence-electron chi connectivity index (χ4n) is 1.35. The molecule has 0 unspecified atom stereocenters. The van der Waals surface area contributed by atoms with Gasteiger partial charge < -0.3 is 20.1 Å². The van der Waals surface area contributed by atoms with Gasteiger partial charge in [0.15, 0.2) is 0 Å². The summed E-state index contributed by atoms with van der Waals surface area (Å²) in [6.45, 7) is 1.18. The molecule has 0 aliphatic heterocycles. The zero-order valence-corrected chi connectivity index (χ0v) is 8.90. The van der Waals surface area contributed by atoms with Crippen LogP contribution in [0.1, 0.15) is 12.5 Å². The molecule has 4 nitrogen and oxygen atoms in total. The first-order valence-electron chi connectivity index (χ1n) is 4.66. The van der Waals surface area contributed by atoms with Crippen molar-refractivity contribution in [2.45, 2.75) is 12.3 Å². The maximum atomic E-state index is 9.65. The van der Waals surface area contributed by atoms with Gasteiger partial charge in [0, 0.05) is 11.0 Å². The van der Waals surface area contributed by atoms with E-state index in [9.17, 15) is 15.3 Å². The number of benzene rings is 1. The van der Waals surface area contributed by atoms with E-state index in [4.69, 9.17) is 4.74 Å². The van der Waals surface area contributed by atoms with Crippen LogP contribution in [0.3, 0.4) is 0 Å². The number of phenolic OH excluding ortho intramolecular Hbond substituents is 1. The second kappa shape index (κ2) is 4.51. The summed E-state index contributed by atoms with van der Waals surface area (Å²) in [5, 5.41) is 28.1. The summed E-state index contributed by atoms with van der Waals surface area (Å²) in [4.78, 5) is 0. The minimum Gasteiger partial charge on any atom is -0.508 e. The fourth-order valence-corrected chi connectivity index (χ4v) is 1.35. The van der Waals surface area contributed by atoms with Crippen LogP contribution in [0.25, 0.3) is 0 Å². The number of ether oxygens (including phenoxy) is 1. The number of hydrogen-bond donors (Lipinski definition) is 3. The van der Waals surface area contributed by atoms with Crippen LogP contribution < -0.4 is 4.74 Å². The largest absolute Gasteiger partial charge is 0.508 e. The molecule has 0 spiro atoms. The molecule has 1 aromatic carbocycles. The summed E-state index contributed by atoms with van der Waals surface area (Å²) in [6, 6.07) is 4.72. The van der Waals surface area contributed by atoms with Gasteiger partial charge in [0.2, 0.25) is 0 Å². The highest BCUT2D eigenvalue weighted by molar-refractivity contribution is 5.44. The van der Waals surface area contributed by atoms with Gasteiger partial charge >= 0.3 is 0 Å². The molecule has 15 heavy (non-hydrogen) atoms. The molecule has 0 aliphatic rings. The van der Waals surface area contributed by atoms with E-state index in [1.807, 2.05) is 0 Å². The van der Waals surface area contributed by atoms with Crippen LogP contribution in [0.15, 0.2) is 18.2 Å². The van der Waals surface area contributed by atoms with Crippen LogP contribution in [-0.4, -0.2) is 35.6 Å². The van der Waals surface area contributed by atoms with E-state index in [2.05, 4.69) is 0 Å². The molecule has 84 valence electrons. The van der Waals surface area contributed by atoms with Gasteiger partial charge in [-0.15, -0.1) is 0 Å². The molecule has 0 saturated carbocycles. The number of methoxy groups -OCH3 is 1. The van der Waals surface area contributed by atoms with Crippen molar-refractivity contribution in [1.29, 1.82) is 0 Å². The Morgan fingerprint density at radius 2 is 1.87 bits per heavy atom. The van der Waals surface area contributed by atoms with Crippen molar-refractivity contribution >= 4 is 0 Å². The smallest absolute Gasteiger partial charge is 0.119 e. The molecule has 0 atom stereocenters. The highest BCUT2D eigenvalue weighted by Gasteiger charge is 2.28. The van der Waals surface area contributed by atoms with E-state index in [1.165, 1.54) is 13.2 Å². The zero-order chi connectivity index (χ0) is 11.5. The Kier molecular flexibility index (Phi) is 3.55. The van der Waals surface area contributed by atoms with Gasteiger partial charge in [-0.05, 0) is 18.2 Å². The summed E-state index contributed by atoms with van der Waals surface area (Å²) in [5.41, 5.74) is -0.384. The number of aliphatic hydroxyl groups excluding tert-OH is 2. The number of aliphatic hydroxyl groups is 2. The highest BCUT2D eigenvalue weighted by atomic mass is 16.5.